The summed E-state index contributed by atoms with van der Waals surface area (Å²) in [6, 6.07) is 4.08. The van der Waals surface area contributed by atoms with Gasteiger partial charge in [-0.25, -0.2) is 0 Å². The molecule has 2 N–H and O–H groups in total. The first kappa shape index (κ1) is 12.3. The Hall–Kier alpha value is -1.15. The molecule has 0 spiro atoms. The van der Waals surface area contributed by atoms with Crippen LogP contribution < -0.4 is 5.73 Å². The Labute approximate surface area is 103 Å². The van der Waals surface area contributed by atoms with Crippen molar-refractivity contribution in [1.82, 2.24) is 0 Å². The van der Waals surface area contributed by atoms with E-state index in [0.717, 1.165) is 36.8 Å². The maximum atomic E-state index is 12.5. The number of hydrogen-bond acceptors (Lipinski definition) is 2. The molecular weight excluding hydrogens is 210 g/mol. The average molecular weight is 231 g/mol. The molecule has 0 saturated heterocycles. The molecule has 1 aliphatic rings. The van der Waals surface area contributed by atoms with Crippen molar-refractivity contribution in [1.29, 1.82) is 0 Å². The van der Waals surface area contributed by atoms with Crippen LogP contribution >= 0.6 is 0 Å². The van der Waals surface area contributed by atoms with E-state index in [4.69, 9.17) is 5.73 Å². The van der Waals surface area contributed by atoms with Gasteiger partial charge in [-0.15, -0.1) is 0 Å². The average Bonchev–Trinajstić information content (AvgIpc) is 2.71. The van der Waals surface area contributed by atoms with Gasteiger partial charge in [0.2, 0.25) is 0 Å². The fourth-order valence-electron chi connectivity index (χ4n) is 2.71. The summed E-state index contributed by atoms with van der Waals surface area (Å²) in [5, 5.41) is 0. The van der Waals surface area contributed by atoms with Crippen LogP contribution in [0.1, 0.15) is 52.7 Å². The zero-order chi connectivity index (χ0) is 12.6. The molecule has 2 heteroatoms. The molecule has 0 radical (unpaired) electrons. The minimum Gasteiger partial charge on any atom is -0.319 e. The number of benzene rings is 1. The Kier molecular flexibility index (Phi) is 3.09. The summed E-state index contributed by atoms with van der Waals surface area (Å²) in [6.07, 6.45) is 3.81. The zero-order valence-electron chi connectivity index (χ0n) is 11.0. The highest BCUT2D eigenvalue weighted by molar-refractivity contribution is 6.04. The molecule has 0 unspecified atom stereocenters. The molecule has 0 aliphatic heterocycles. The highest BCUT2D eigenvalue weighted by atomic mass is 16.1. The lowest BCUT2D eigenvalue weighted by molar-refractivity contribution is 0.0891. The fraction of sp³-hybridized carbons (Fsp3) is 0.533. The lowest BCUT2D eigenvalue weighted by Gasteiger charge is -2.23. The van der Waals surface area contributed by atoms with Crippen molar-refractivity contribution in [3.63, 3.8) is 0 Å². The van der Waals surface area contributed by atoms with Gasteiger partial charge in [0.25, 0.3) is 0 Å². The number of hydrogen-bond donors (Lipinski definition) is 1. The summed E-state index contributed by atoms with van der Waals surface area (Å²) >= 11 is 0. The largest absolute Gasteiger partial charge is 0.319 e. The summed E-state index contributed by atoms with van der Waals surface area (Å²) in [7, 11) is 0. The molecule has 0 aromatic heterocycles. The topological polar surface area (TPSA) is 43.1 Å². The van der Waals surface area contributed by atoms with Crippen LogP contribution in [0.3, 0.4) is 0 Å². The number of nitrogens with two attached hydrogens (primary N) is 1. The fourth-order valence-corrected chi connectivity index (χ4v) is 2.71. The van der Waals surface area contributed by atoms with E-state index < -0.39 is 5.54 Å². The van der Waals surface area contributed by atoms with Gasteiger partial charge < -0.3 is 5.73 Å². The Balaban J connectivity index is 2.40. The van der Waals surface area contributed by atoms with Crippen molar-refractivity contribution < 1.29 is 4.79 Å². The van der Waals surface area contributed by atoms with Crippen molar-refractivity contribution in [2.24, 2.45) is 5.73 Å². The highest BCUT2D eigenvalue weighted by Gasteiger charge is 2.37. The Bertz CT molecular complexity index is 456. The normalized spacial score (nSPS) is 18.4. The molecule has 0 amide bonds. The molecule has 0 bridgehead atoms. The van der Waals surface area contributed by atoms with Crippen LogP contribution in [-0.4, -0.2) is 11.3 Å². The van der Waals surface area contributed by atoms with Crippen LogP contribution in [0.25, 0.3) is 0 Å². The van der Waals surface area contributed by atoms with Gasteiger partial charge in [-0.3, -0.25) is 4.79 Å². The summed E-state index contributed by atoms with van der Waals surface area (Å²) in [5.41, 5.74) is 9.91. The van der Waals surface area contributed by atoms with Crippen molar-refractivity contribution in [3.8, 4) is 0 Å². The lowest BCUT2D eigenvalue weighted by atomic mass is 9.85. The number of ketones is 1. The van der Waals surface area contributed by atoms with Crippen LogP contribution in [0.15, 0.2) is 12.1 Å². The van der Waals surface area contributed by atoms with Gasteiger partial charge in [-0.05, 0) is 56.4 Å². The molecule has 92 valence electrons. The molecular formula is C15H21NO. The van der Waals surface area contributed by atoms with Gasteiger partial charge in [0, 0.05) is 5.56 Å². The second-order valence-corrected chi connectivity index (χ2v) is 5.44. The van der Waals surface area contributed by atoms with Gasteiger partial charge in [0.15, 0.2) is 5.78 Å². The van der Waals surface area contributed by atoms with E-state index in [-0.39, 0.29) is 5.78 Å². The van der Waals surface area contributed by atoms with E-state index in [9.17, 15) is 4.79 Å². The summed E-state index contributed by atoms with van der Waals surface area (Å²) in [4.78, 5) is 12.5. The van der Waals surface area contributed by atoms with Crippen LogP contribution in [0.2, 0.25) is 0 Å². The van der Waals surface area contributed by atoms with Crippen molar-refractivity contribution >= 4 is 5.78 Å². The summed E-state index contributed by atoms with van der Waals surface area (Å²) in [5.74, 6) is 0.135. The molecule has 0 heterocycles. The van der Waals surface area contributed by atoms with E-state index in [1.807, 2.05) is 19.9 Å². The van der Waals surface area contributed by atoms with Crippen LogP contribution in [0.4, 0.5) is 0 Å². The van der Waals surface area contributed by atoms with Gasteiger partial charge in [0.1, 0.15) is 0 Å². The minimum absolute atomic E-state index is 0.135. The minimum atomic E-state index is -0.605. The van der Waals surface area contributed by atoms with Crippen molar-refractivity contribution in [3.05, 3.63) is 34.4 Å². The smallest absolute Gasteiger partial charge is 0.182 e. The molecule has 17 heavy (non-hydrogen) atoms. The zero-order valence-corrected chi connectivity index (χ0v) is 11.0. The van der Waals surface area contributed by atoms with E-state index in [1.54, 1.807) is 0 Å². The third-order valence-electron chi connectivity index (χ3n) is 4.03. The highest BCUT2D eigenvalue weighted by Crippen LogP contribution is 2.31. The van der Waals surface area contributed by atoms with Gasteiger partial charge in [0.05, 0.1) is 5.54 Å². The van der Waals surface area contributed by atoms with Gasteiger partial charge in [-0.1, -0.05) is 18.9 Å². The molecule has 1 saturated carbocycles. The lowest BCUT2D eigenvalue weighted by Crippen LogP contribution is -2.45. The van der Waals surface area contributed by atoms with E-state index in [1.165, 1.54) is 11.1 Å². The molecule has 2 nitrogen and oxygen atoms in total. The SMILES string of the molecule is Cc1cc(C)c(C(=O)C2(N)CCCC2)cc1C. The third kappa shape index (κ3) is 2.14. The number of rotatable bonds is 2. The quantitative estimate of drug-likeness (QED) is 0.795. The third-order valence-corrected chi connectivity index (χ3v) is 4.03. The molecule has 1 aromatic rings. The van der Waals surface area contributed by atoms with E-state index in [2.05, 4.69) is 13.0 Å². The number of carbonyl (C=O) groups is 1. The molecule has 0 atom stereocenters. The Morgan fingerprint density at radius 2 is 1.59 bits per heavy atom. The maximum absolute atomic E-state index is 12.5. The van der Waals surface area contributed by atoms with Crippen LogP contribution in [0.5, 0.6) is 0 Å². The summed E-state index contributed by atoms with van der Waals surface area (Å²) in [6.45, 7) is 6.12. The van der Waals surface area contributed by atoms with Crippen LogP contribution in [-0.2, 0) is 0 Å². The molecule has 2 rings (SSSR count). The molecule has 1 aromatic carbocycles. The van der Waals surface area contributed by atoms with Crippen molar-refractivity contribution in [2.75, 3.05) is 0 Å². The van der Waals surface area contributed by atoms with E-state index >= 15 is 0 Å². The predicted octanol–water partition coefficient (Wildman–Crippen LogP) is 3.07. The van der Waals surface area contributed by atoms with Gasteiger partial charge >= 0.3 is 0 Å². The number of aryl methyl sites for hydroxylation is 3. The standard InChI is InChI=1S/C15H21NO/c1-10-8-12(3)13(9-11(10)2)14(17)15(16)6-4-5-7-15/h8-9H,4-7,16H2,1-3H3. The monoisotopic (exact) mass is 231 g/mol. The second kappa shape index (κ2) is 4.26. The molecule has 1 fully saturated rings. The van der Waals surface area contributed by atoms with Crippen LogP contribution in [0, 0.1) is 20.8 Å². The van der Waals surface area contributed by atoms with Crippen molar-refractivity contribution in [2.45, 2.75) is 52.0 Å². The maximum Gasteiger partial charge on any atom is 0.182 e. The van der Waals surface area contributed by atoms with E-state index in [0.29, 0.717) is 0 Å². The molecule has 1 aliphatic carbocycles. The first-order valence-corrected chi connectivity index (χ1v) is 6.35. The first-order valence-electron chi connectivity index (χ1n) is 6.35. The predicted molar refractivity (Wildman–Crippen MR) is 70.4 cm³/mol. The first-order chi connectivity index (χ1) is 7.94. The van der Waals surface area contributed by atoms with Gasteiger partial charge in [-0.2, -0.15) is 0 Å². The second-order valence-electron chi connectivity index (χ2n) is 5.44. The number of Topliss-reactive ketones (excluding diaryl/α,β-unsaturated/α-hetero) is 1. The summed E-state index contributed by atoms with van der Waals surface area (Å²) < 4.78 is 0. The number of carbonyl (C=O) groups excluding carboxylic acids is 1. The Morgan fingerprint density at radius 1 is 1.06 bits per heavy atom. The Morgan fingerprint density at radius 3 is 2.18 bits per heavy atom.